The highest BCUT2D eigenvalue weighted by Gasteiger charge is 2.15. The molecule has 0 unspecified atom stereocenters. The summed E-state index contributed by atoms with van der Waals surface area (Å²) in [5.74, 6) is 0. The summed E-state index contributed by atoms with van der Waals surface area (Å²) in [5.41, 5.74) is 0.877. The molecule has 1 heterocycles. The topological polar surface area (TPSA) is 18.5 Å². The molecule has 1 aromatic carbocycles. The summed E-state index contributed by atoms with van der Waals surface area (Å²) in [4.78, 5) is 4.54. The minimum Gasteiger partial charge on any atom is -0.348 e. The molecule has 0 spiro atoms. The Morgan fingerprint density at radius 1 is 1.22 bits per heavy atom. The first-order valence-corrected chi connectivity index (χ1v) is 6.94. The zero-order valence-electron chi connectivity index (χ0n) is 10.5. The van der Waals surface area contributed by atoms with Crippen LogP contribution in [-0.4, -0.2) is 48.1 Å². The Labute approximate surface area is 119 Å². The van der Waals surface area contributed by atoms with E-state index in [1.54, 1.807) is 0 Å². The average molecular weight is 284 g/mol. The molecule has 1 N–H and O–H groups in total. The van der Waals surface area contributed by atoms with E-state index in [1.165, 1.54) is 0 Å². The number of anilines is 1. The molecule has 98 valence electrons. The molecule has 0 atom stereocenters. The van der Waals surface area contributed by atoms with Gasteiger partial charge in [-0.3, -0.25) is 0 Å². The number of hydrogen-bond acceptors (Lipinski definition) is 2. The van der Waals surface area contributed by atoms with Crippen molar-refractivity contribution in [1.29, 1.82) is 0 Å². The van der Waals surface area contributed by atoms with E-state index >= 15 is 0 Å². The molecule has 3 nitrogen and oxygen atoms in total. The smallest absolute Gasteiger partial charge is 0.173 e. The van der Waals surface area contributed by atoms with Gasteiger partial charge in [-0.05, 0) is 44.4 Å². The van der Waals surface area contributed by atoms with Crippen molar-refractivity contribution < 1.29 is 0 Å². The maximum atomic E-state index is 6.11. The molecule has 0 radical (unpaired) electrons. The van der Waals surface area contributed by atoms with Crippen LogP contribution >= 0.6 is 23.8 Å². The van der Waals surface area contributed by atoms with E-state index in [0.717, 1.165) is 43.4 Å². The van der Waals surface area contributed by atoms with Crippen molar-refractivity contribution in [3.8, 4) is 0 Å². The molecule has 0 bridgehead atoms. The van der Waals surface area contributed by atoms with Gasteiger partial charge in [0.05, 0.1) is 10.7 Å². The fraction of sp³-hybridized carbons (Fsp3) is 0.462. The summed E-state index contributed by atoms with van der Waals surface area (Å²) in [6.07, 6.45) is 1.14. The second-order valence-electron chi connectivity index (χ2n) is 4.55. The Morgan fingerprint density at radius 2 is 2.00 bits per heavy atom. The van der Waals surface area contributed by atoms with Crippen LogP contribution in [0.5, 0.6) is 0 Å². The number of para-hydroxylation sites is 1. The normalized spacial score (nSPS) is 17.3. The molecule has 18 heavy (non-hydrogen) atoms. The number of nitrogens with zero attached hydrogens (tertiary/aromatic N) is 2. The lowest BCUT2D eigenvalue weighted by atomic mass is 10.3. The Kier molecular flexibility index (Phi) is 4.80. The highest BCUT2D eigenvalue weighted by Crippen LogP contribution is 2.21. The van der Waals surface area contributed by atoms with Crippen LogP contribution in [0, 0.1) is 0 Å². The number of thiocarbonyl (C=S) groups is 1. The second kappa shape index (κ2) is 6.36. The van der Waals surface area contributed by atoms with Gasteiger partial charge in [0, 0.05) is 19.6 Å². The number of nitrogens with one attached hydrogen (secondary N) is 1. The van der Waals surface area contributed by atoms with Crippen LogP contribution in [0.2, 0.25) is 5.02 Å². The van der Waals surface area contributed by atoms with Crippen molar-refractivity contribution in [2.24, 2.45) is 0 Å². The van der Waals surface area contributed by atoms with E-state index in [-0.39, 0.29) is 0 Å². The van der Waals surface area contributed by atoms with E-state index in [1.807, 2.05) is 24.3 Å². The summed E-state index contributed by atoms with van der Waals surface area (Å²) in [5, 5.41) is 4.69. The minimum absolute atomic E-state index is 0.701. The predicted molar refractivity (Wildman–Crippen MR) is 81.4 cm³/mol. The summed E-state index contributed by atoms with van der Waals surface area (Å²) < 4.78 is 0. The van der Waals surface area contributed by atoms with Crippen molar-refractivity contribution in [3.05, 3.63) is 29.3 Å². The lowest BCUT2D eigenvalue weighted by molar-refractivity contribution is 0.347. The van der Waals surface area contributed by atoms with Gasteiger partial charge in [0.15, 0.2) is 5.11 Å². The van der Waals surface area contributed by atoms with Crippen LogP contribution in [0.4, 0.5) is 5.69 Å². The Hall–Kier alpha value is -0.840. The maximum absolute atomic E-state index is 6.11. The number of benzene rings is 1. The molecule has 1 aliphatic rings. The molecular weight excluding hydrogens is 266 g/mol. The minimum atomic E-state index is 0.701. The number of likely N-dealkylation sites (N-methyl/N-ethyl adjacent to an activating group) is 1. The van der Waals surface area contributed by atoms with Gasteiger partial charge in [-0.15, -0.1) is 0 Å². The van der Waals surface area contributed by atoms with Gasteiger partial charge in [-0.25, -0.2) is 0 Å². The van der Waals surface area contributed by atoms with Crippen molar-refractivity contribution in [3.63, 3.8) is 0 Å². The summed E-state index contributed by atoms with van der Waals surface area (Å²) in [6.45, 7) is 4.14. The summed E-state index contributed by atoms with van der Waals surface area (Å²) in [6, 6.07) is 7.67. The van der Waals surface area contributed by atoms with Crippen LogP contribution in [0.25, 0.3) is 0 Å². The van der Waals surface area contributed by atoms with Crippen LogP contribution in [-0.2, 0) is 0 Å². The third-order valence-electron chi connectivity index (χ3n) is 3.12. The van der Waals surface area contributed by atoms with E-state index < -0.39 is 0 Å². The third-order valence-corrected chi connectivity index (χ3v) is 3.81. The zero-order valence-corrected chi connectivity index (χ0v) is 12.1. The van der Waals surface area contributed by atoms with E-state index in [9.17, 15) is 0 Å². The Balaban J connectivity index is 1.97. The summed E-state index contributed by atoms with van der Waals surface area (Å²) in [7, 11) is 2.15. The van der Waals surface area contributed by atoms with Gasteiger partial charge in [-0.2, -0.15) is 0 Å². The van der Waals surface area contributed by atoms with Crippen molar-refractivity contribution in [1.82, 2.24) is 9.80 Å². The van der Waals surface area contributed by atoms with E-state index in [2.05, 4.69) is 22.2 Å². The van der Waals surface area contributed by atoms with Crippen LogP contribution in [0.3, 0.4) is 0 Å². The van der Waals surface area contributed by atoms with Crippen molar-refractivity contribution >= 4 is 34.6 Å². The SMILES string of the molecule is CN1CCCN(C(=S)Nc2ccccc2Cl)CC1. The van der Waals surface area contributed by atoms with Gasteiger partial charge in [0.2, 0.25) is 0 Å². The lowest BCUT2D eigenvalue weighted by Gasteiger charge is -2.24. The molecular formula is C13H18ClN3S. The average Bonchev–Trinajstić information content (AvgIpc) is 2.57. The van der Waals surface area contributed by atoms with E-state index in [4.69, 9.17) is 23.8 Å². The molecule has 0 aromatic heterocycles. The third kappa shape index (κ3) is 3.57. The number of hydrogen-bond donors (Lipinski definition) is 1. The molecule has 0 amide bonds. The number of rotatable bonds is 1. The first kappa shape index (κ1) is 13.6. The predicted octanol–water partition coefficient (Wildman–Crippen LogP) is 2.67. The van der Waals surface area contributed by atoms with Crippen molar-refractivity contribution in [2.45, 2.75) is 6.42 Å². The monoisotopic (exact) mass is 283 g/mol. The lowest BCUT2D eigenvalue weighted by Crippen LogP contribution is -2.37. The standard InChI is InChI=1S/C13H18ClN3S/c1-16-7-4-8-17(10-9-16)13(18)15-12-6-3-2-5-11(12)14/h2-3,5-6H,4,7-10H2,1H3,(H,15,18). The highest BCUT2D eigenvalue weighted by atomic mass is 35.5. The quantitative estimate of drug-likeness (QED) is 0.799. The fourth-order valence-corrected chi connectivity index (χ4v) is 2.48. The Morgan fingerprint density at radius 3 is 2.78 bits per heavy atom. The molecule has 5 heteroatoms. The molecule has 1 fully saturated rings. The fourth-order valence-electron chi connectivity index (χ4n) is 2.01. The van der Waals surface area contributed by atoms with Crippen molar-refractivity contribution in [2.75, 3.05) is 38.5 Å². The van der Waals surface area contributed by atoms with Gasteiger partial charge in [0.25, 0.3) is 0 Å². The van der Waals surface area contributed by atoms with Gasteiger partial charge in [-0.1, -0.05) is 23.7 Å². The Bertz CT molecular complexity index is 424. The van der Waals surface area contributed by atoms with Gasteiger partial charge >= 0.3 is 0 Å². The molecule has 1 saturated heterocycles. The number of halogens is 1. The molecule has 1 aromatic rings. The largest absolute Gasteiger partial charge is 0.348 e. The molecule has 1 aliphatic heterocycles. The summed E-state index contributed by atoms with van der Waals surface area (Å²) >= 11 is 11.6. The molecule has 0 aliphatic carbocycles. The molecule has 2 rings (SSSR count). The van der Waals surface area contributed by atoms with E-state index in [0.29, 0.717) is 5.02 Å². The maximum Gasteiger partial charge on any atom is 0.173 e. The second-order valence-corrected chi connectivity index (χ2v) is 5.35. The van der Waals surface area contributed by atoms with Crippen LogP contribution < -0.4 is 5.32 Å². The highest BCUT2D eigenvalue weighted by molar-refractivity contribution is 7.80. The van der Waals surface area contributed by atoms with Crippen LogP contribution in [0.1, 0.15) is 6.42 Å². The zero-order chi connectivity index (χ0) is 13.0. The molecule has 0 saturated carbocycles. The van der Waals surface area contributed by atoms with Gasteiger partial charge < -0.3 is 15.1 Å². The van der Waals surface area contributed by atoms with Gasteiger partial charge in [0.1, 0.15) is 0 Å². The first-order chi connectivity index (χ1) is 8.66. The first-order valence-electron chi connectivity index (χ1n) is 6.16. The van der Waals surface area contributed by atoms with Crippen LogP contribution in [0.15, 0.2) is 24.3 Å².